The fourth-order valence-corrected chi connectivity index (χ4v) is 6.13. The summed E-state index contributed by atoms with van der Waals surface area (Å²) in [7, 11) is 0. The molecule has 0 aromatic heterocycles. The average molecular weight is 609 g/mol. The van der Waals surface area contributed by atoms with Gasteiger partial charge in [0.25, 0.3) is 0 Å². The predicted octanol–water partition coefficient (Wildman–Crippen LogP) is 7.16. The van der Waals surface area contributed by atoms with Gasteiger partial charge in [-0.1, -0.05) is 91.0 Å². The van der Waals surface area contributed by atoms with Gasteiger partial charge in [0.15, 0.2) is 0 Å². The third-order valence-corrected chi connectivity index (χ3v) is 8.18. The van der Waals surface area contributed by atoms with E-state index in [0.717, 1.165) is 12.2 Å². The van der Waals surface area contributed by atoms with E-state index < -0.39 is 16.5 Å². The van der Waals surface area contributed by atoms with Gasteiger partial charge in [0.2, 0.25) is 0 Å². The Morgan fingerprint density at radius 2 is 1.19 bits per heavy atom. The summed E-state index contributed by atoms with van der Waals surface area (Å²) in [6.45, 7) is 6.93. The van der Waals surface area contributed by atoms with Crippen LogP contribution in [0.3, 0.4) is 0 Å². The molecule has 3 aromatic rings. The highest BCUT2D eigenvalue weighted by Crippen LogP contribution is 2.48. The minimum atomic E-state index is -0.767. The van der Waals surface area contributed by atoms with E-state index in [2.05, 4.69) is 77.6 Å². The molecule has 1 amide bonds. The van der Waals surface area contributed by atoms with Crippen LogP contribution in [0.25, 0.3) is 0 Å². The first-order valence-electron chi connectivity index (χ1n) is 14.7. The lowest BCUT2D eigenvalue weighted by Crippen LogP contribution is -2.38. The molecule has 232 valence electrons. The molecule has 0 bridgehead atoms. The van der Waals surface area contributed by atoms with E-state index in [9.17, 15) is 9.59 Å². The second-order valence-corrected chi connectivity index (χ2v) is 12.3. The molecule has 0 unspecified atom stereocenters. The lowest BCUT2D eigenvalue weighted by molar-refractivity contribution is 0.0207. The number of hydrogen-bond acceptors (Lipinski definition) is 8. The van der Waals surface area contributed by atoms with Crippen LogP contribution in [0.1, 0.15) is 56.7 Å². The highest BCUT2D eigenvalue weighted by molar-refractivity contribution is 8.00. The van der Waals surface area contributed by atoms with E-state index in [1.54, 1.807) is 4.90 Å². The van der Waals surface area contributed by atoms with Crippen molar-refractivity contribution in [3.63, 3.8) is 0 Å². The van der Waals surface area contributed by atoms with Crippen LogP contribution in [-0.4, -0.2) is 61.4 Å². The standard InChI is InChI=1S/C34H44N2O6S/c1-33(2,3)42-31(37)36(22-13-14-24-39-32(38)40-25-26-41-35)23-15-27-43-34(28-16-7-4-8-17-28,29-18-9-5-10-19-29)30-20-11-6-12-21-30/h4-12,16-21H,13-15,22-27,35H2,1-3H3. The van der Waals surface area contributed by atoms with Gasteiger partial charge in [-0.25, -0.2) is 15.5 Å². The van der Waals surface area contributed by atoms with Gasteiger partial charge in [-0.3, -0.25) is 0 Å². The first-order chi connectivity index (χ1) is 20.8. The van der Waals surface area contributed by atoms with Gasteiger partial charge < -0.3 is 23.9 Å². The molecule has 0 aliphatic carbocycles. The van der Waals surface area contributed by atoms with Crippen LogP contribution < -0.4 is 5.90 Å². The topological polar surface area (TPSA) is 100 Å². The second kappa shape index (κ2) is 17.6. The third kappa shape index (κ3) is 10.9. The molecule has 9 heteroatoms. The number of hydrogen-bond donors (Lipinski definition) is 1. The number of rotatable bonds is 16. The number of nitrogens with two attached hydrogens (primary N) is 1. The minimum absolute atomic E-state index is 0.0276. The van der Waals surface area contributed by atoms with E-state index in [1.165, 1.54) is 16.7 Å². The summed E-state index contributed by atoms with van der Waals surface area (Å²) in [6.07, 6.45) is 0.879. The molecule has 3 aromatic carbocycles. The van der Waals surface area contributed by atoms with Gasteiger partial charge in [-0.05, 0) is 62.5 Å². The van der Waals surface area contributed by atoms with Gasteiger partial charge >= 0.3 is 12.2 Å². The van der Waals surface area contributed by atoms with Gasteiger partial charge in [-0.2, -0.15) is 0 Å². The molecule has 43 heavy (non-hydrogen) atoms. The lowest BCUT2D eigenvalue weighted by atomic mass is 9.84. The Labute approximate surface area is 259 Å². The normalized spacial score (nSPS) is 11.5. The molecule has 0 fully saturated rings. The SMILES string of the molecule is CC(C)(C)OC(=O)N(CCCCOC(=O)OCCON)CCCSC(c1ccccc1)(c1ccccc1)c1ccccc1. The Kier molecular flexibility index (Phi) is 13.9. The summed E-state index contributed by atoms with van der Waals surface area (Å²) in [5, 5.41) is 0. The monoisotopic (exact) mass is 608 g/mol. The van der Waals surface area contributed by atoms with Crippen molar-refractivity contribution in [3.8, 4) is 0 Å². The lowest BCUT2D eigenvalue weighted by Gasteiger charge is -2.36. The zero-order valence-corrected chi connectivity index (χ0v) is 26.2. The molecular weight excluding hydrogens is 564 g/mol. The van der Waals surface area contributed by atoms with Crippen LogP contribution in [-0.2, 0) is 23.8 Å². The van der Waals surface area contributed by atoms with Gasteiger partial charge in [-0.15, -0.1) is 11.8 Å². The number of nitrogens with zero attached hydrogens (tertiary/aromatic N) is 1. The fourth-order valence-electron chi connectivity index (χ4n) is 4.65. The van der Waals surface area contributed by atoms with Crippen LogP contribution in [0.5, 0.6) is 0 Å². The second-order valence-electron chi connectivity index (χ2n) is 11.0. The van der Waals surface area contributed by atoms with Crippen LogP contribution in [0.15, 0.2) is 91.0 Å². The number of amides is 1. The molecule has 0 aliphatic rings. The maximum atomic E-state index is 13.1. The van der Waals surface area contributed by atoms with Crippen molar-refractivity contribution in [3.05, 3.63) is 108 Å². The van der Waals surface area contributed by atoms with Crippen molar-refractivity contribution < 1.29 is 28.6 Å². The first kappa shape index (κ1) is 34.0. The van der Waals surface area contributed by atoms with Gasteiger partial charge in [0, 0.05) is 13.1 Å². The zero-order valence-electron chi connectivity index (χ0n) is 25.4. The van der Waals surface area contributed by atoms with E-state index in [-0.39, 0.29) is 25.9 Å². The molecule has 0 saturated heterocycles. The summed E-state index contributed by atoms with van der Waals surface area (Å²) >= 11 is 1.87. The molecular formula is C34H44N2O6S. The molecule has 2 N–H and O–H groups in total. The number of carbonyl (C=O) groups is 2. The molecule has 8 nitrogen and oxygen atoms in total. The largest absolute Gasteiger partial charge is 0.508 e. The number of carbonyl (C=O) groups excluding carboxylic acids is 2. The maximum absolute atomic E-state index is 13.1. The summed E-state index contributed by atoms with van der Waals surface area (Å²) in [6, 6.07) is 31.7. The summed E-state index contributed by atoms with van der Waals surface area (Å²) in [5.74, 6) is 5.72. The van der Waals surface area contributed by atoms with Gasteiger partial charge in [0.05, 0.1) is 11.4 Å². The molecule has 3 rings (SSSR count). The van der Waals surface area contributed by atoms with E-state index in [4.69, 9.17) is 20.1 Å². The number of unbranched alkanes of at least 4 members (excludes halogenated alkanes) is 1. The summed E-state index contributed by atoms with van der Waals surface area (Å²) in [4.78, 5) is 30.8. The third-order valence-electron chi connectivity index (χ3n) is 6.55. The molecule has 0 aliphatic heterocycles. The number of ether oxygens (including phenoxy) is 3. The molecule has 0 heterocycles. The van der Waals surface area contributed by atoms with E-state index in [1.807, 2.05) is 50.7 Å². The number of benzene rings is 3. The highest BCUT2D eigenvalue weighted by atomic mass is 32.2. The summed E-state index contributed by atoms with van der Waals surface area (Å²) < 4.78 is 15.2. The fraction of sp³-hybridized carbons (Fsp3) is 0.412. The smallest absolute Gasteiger partial charge is 0.444 e. The molecule has 0 spiro atoms. The van der Waals surface area contributed by atoms with E-state index in [0.29, 0.717) is 25.9 Å². The highest BCUT2D eigenvalue weighted by Gasteiger charge is 2.36. The first-order valence-corrected chi connectivity index (χ1v) is 15.6. The van der Waals surface area contributed by atoms with Crippen molar-refractivity contribution >= 4 is 24.0 Å². The Morgan fingerprint density at radius 3 is 1.67 bits per heavy atom. The predicted molar refractivity (Wildman–Crippen MR) is 171 cm³/mol. The number of thioether (sulfide) groups is 1. The van der Waals surface area contributed by atoms with Crippen LogP contribution in [0.4, 0.5) is 9.59 Å². The molecule has 0 atom stereocenters. The molecule has 0 radical (unpaired) electrons. The Bertz CT molecular complexity index is 1130. The maximum Gasteiger partial charge on any atom is 0.508 e. The van der Waals surface area contributed by atoms with Crippen molar-refractivity contribution in [1.29, 1.82) is 0 Å². The molecule has 0 saturated carbocycles. The Morgan fingerprint density at radius 1 is 0.698 bits per heavy atom. The van der Waals surface area contributed by atoms with Crippen molar-refractivity contribution in [2.24, 2.45) is 5.90 Å². The van der Waals surface area contributed by atoms with Crippen molar-refractivity contribution in [1.82, 2.24) is 4.90 Å². The van der Waals surface area contributed by atoms with Crippen molar-refractivity contribution in [2.75, 3.05) is 38.7 Å². The average Bonchev–Trinajstić information content (AvgIpc) is 3.00. The van der Waals surface area contributed by atoms with E-state index >= 15 is 0 Å². The van der Waals surface area contributed by atoms with Crippen LogP contribution >= 0.6 is 11.8 Å². The Balaban J connectivity index is 1.68. The van der Waals surface area contributed by atoms with Crippen LogP contribution in [0, 0.1) is 0 Å². The van der Waals surface area contributed by atoms with Gasteiger partial charge in [0.1, 0.15) is 18.8 Å². The van der Waals surface area contributed by atoms with Crippen LogP contribution in [0.2, 0.25) is 0 Å². The zero-order chi connectivity index (χ0) is 31.0. The minimum Gasteiger partial charge on any atom is -0.444 e. The Hall–Kier alpha value is -3.53. The summed E-state index contributed by atoms with van der Waals surface area (Å²) in [5.41, 5.74) is 3.01. The quantitative estimate of drug-likeness (QED) is 0.0791. The van der Waals surface area contributed by atoms with Crippen molar-refractivity contribution in [2.45, 2.75) is 50.4 Å².